The van der Waals surface area contributed by atoms with Crippen LogP contribution in [-0.4, -0.2) is 33.3 Å². The molecule has 3 aromatic carbocycles. The van der Waals surface area contributed by atoms with Gasteiger partial charge in [-0.05, 0) is 42.5 Å². The van der Waals surface area contributed by atoms with Crippen molar-refractivity contribution in [2.45, 2.75) is 10.9 Å². The van der Waals surface area contributed by atoms with Crippen LogP contribution < -0.4 is 10.7 Å². The largest absolute Gasteiger partial charge is 0.337 e. The third-order valence-electron chi connectivity index (χ3n) is 5.26. The number of para-hydroxylation sites is 2. The number of hydrogen-bond donors (Lipinski definition) is 2. The lowest BCUT2D eigenvalue weighted by atomic mass is 10.2. The molecule has 0 atom stereocenters. The van der Waals surface area contributed by atoms with E-state index < -0.39 is 0 Å². The normalized spacial score (nSPS) is 11.4. The second kappa shape index (κ2) is 10.7. The average molecular weight is 518 g/mol. The molecule has 7 nitrogen and oxygen atoms in total. The van der Waals surface area contributed by atoms with Gasteiger partial charge in [-0.1, -0.05) is 42.1 Å². The van der Waals surface area contributed by atoms with Crippen molar-refractivity contribution >= 4 is 67.9 Å². The van der Waals surface area contributed by atoms with Crippen molar-refractivity contribution in [3.8, 4) is 0 Å². The van der Waals surface area contributed by atoms with Crippen molar-refractivity contribution in [1.29, 1.82) is 0 Å². The quantitative estimate of drug-likeness (QED) is 0.167. The second-order valence-corrected chi connectivity index (χ2v) is 10.1. The molecule has 2 aromatic heterocycles. The van der Waals surface area contributed by atoms with E-state index in [9.17, 15) is 14.0 Å². The molecule has 0 saturated heterocycles. The first-order chi connectivity index (χ1) is 17.5. The molecule has 2 N–H and O–H groups in total. The Balaban J connectivity index is 1.21. The molecule has 0 bridgehead atoms. The van der Waals surface area contributed by atoms with Crippen molar-refractivity contribution in [2.24, 2.45) is 5.10 Å². The molecule has 0 aliphatic heterocycles. The van der Waals surface area contributed by atoms with Crippen molar-refractivity contribution in [3.05, 3.63) is 90.4 Å². The molecule has 2 amide bonds. The van der Waals surface area contributed by atoms with E-state index in [4.69, 9.17) is 0 Å². The molecule has 5 aromatic rings. The van der Waals surface area contributed by atoms with Gasteiger partial charge in [0.2, 0.25) is 5.91 Å². The number of fused-ring (bicyclic) bond motifs is 2. The van der Waals surface area contributed by atoms with E-state index in [-0.39, 0.29) is 29.9 Å². The summed E-state index contributed by atoms with van der Waals surface area (Å²) in [6, 6.07) is 21.1. The van der Waals surface area contributed by atoms with Crippen LogP contribution in [0.1, 0.15) is 5.56 Å². The van der Waals surface area contributed by atoms with Crippen LogP contribution in [0.2, 0.25) is 0 Å². The Morgan fingerprint density at radius 2 is 1.81 bits per heavy atom. The summed E-state index contributed by atoms with van der Waals surface area (Å²) in [4.78, 5) is 29.3. The van der Waals surface area contributed by atoms with Gasteiger partial charge in [0.05, 0.1) is 22.2 Å². The minimum Gasteiger partial charge on any atom is -0.337 e. The first-order valence-electron chi connectivity index (χ1n) is 11.0. The number of rotatable bonds is 8. The smallest absolute Gasteiger partial charge is 0.250 e. The van der Waals surface area contributed by atoms with E-state index in [1.54, 1.807) is 28.3 Å². The zero-order valence-corrected chi connectivity index (χ0v) is 20.5. The number of amides is 2. The fourth-order valence-electron chi connectivity index (χ4n) is 3.64. The Bertz CT molecular complexity index is 1540. The van der Waals surface area contributed by atoms with Gasteiger partial charge < -0.3 is 9.88 Å². The predicted octanol–water partition coefficient (Wildman–Crippen LogP) is 5.27. The number of nitrogens with one attached hydrogen (secondary N) is 2. The summed E-state index contributed by atoms with van der Waals surface area (Å²) in [5.74, 6) is -0.651. The Kier molecular flexibility index (Phi) is 7.06. The number of benzene rings is 3. The lowest BCUT2D eigenvalue weighted by Crippen LogP contribution is -2.19. The molecule has 0 fully saturated rings. The van der Waals surface area contributed by atoms with E-state index >= 15 is 0 Å². The van der Waals surface area contributed by atoms with Crippen LogP contribution in [-0.2, 0) is 16.1 Å². The molecule has 0 saturated carbocycles. The first kappa shape index (κ1) is 23.7. The molecule has 0 unspecified atom stereocenters. The van der Waals surface area contributed by atoms with E-state index in [0.29, 0.717) is 5.69 Å². The van der Waals surface area contributed by atoms with Crippen molar-refractivity contribution in [3.63, 3.8) is 0 Å². The van der Waals surface area contributed by atoms with Crippen LogP contribution in [0.15, 0.2) is 88.4 Å². The zero-order valence-electron chi connectivity index (χ0n) is 18.8. The van der Waals surface area contributed by atoms with Crippen molar-refractivity contribution in [1.82, 2.24) is 15.0 Å². The highest BCUT2D eigenvalue weighted by molar-refractivity contribution is 8.01. The highest BCUT2D eigenvalue weighted by atomic mass is 32.2. The minimum absolute atomic E-state index is 0.0664. The number of thioether (sulfide) groups is 1. The predicted molar refractivity (Wildman–Crippen MR) is 143 cm³/mol. The number of halogens is 1. The fourth-order valence-corrected chi connectivity index (χ4v) is 5.50. The van der Waals surface area contributed by atoms with E-state index in [0.717, 1.165) is 31.0 Å². The number of nitrogens with zero attached hydrogens (tertiary/aromatic N) is 3. The standard InChI is InChI=1S/C26H20FN5O2S2/c27-18-9-11-19(12-10-18)29-24(33)15-32-14-17(20-5-1-3-7-22(20)32)13-28-31-25(34)16-35-26-30-21-6-2-4-8-23(21)36-26/h1-14H,15-16H2,(H,29,33)(H,31,34)/b28-13-. The summed E-state index contributed by atoms with van der Waals surface area (Å²) in [7, 11) is 0. The molecule has 0 spiro atoms. The van der Waals surface area contributed by atoms with Gasteiger partial charge in [-0.2, -0.15) is 5.10 Å². The molecule has 180 valence electrons. The third kappa shape index (κ3) is 5.61. The van der Waals surface area contributed by atoms with Gasteiger partial charge >= 0.3 is 0 Å². The zero-order chi connectivity index (χ0) is 24.9. The number of carbonyl (C=O) groups is 2. The summed E-state index contributed by atoms with van der Waals surface area (Å²) in [6.45, 7) is 0.0664. The third-order valence-corrected chi connectivity index (χ3v) is 7.43. The number of hydrogen-bond acceptors (Lipinski definition) is 6. The monoisotopic (exact) mass is 517 g/mol. The fraction of sp³-hybridized carbons (Fsp3) is 0.0769. The number of aromatic nitrogens is 2. The summed E-state index contributed by atoms with van der Waals surface area (Å²) < 4.78 is 16.8. The molecule has 10 heteroatoms. The van der Waals surface area contributed by atoms with E-state index in [1.807, 2.05) is 48.5 Å². The molecule has 5 rings (SSSR count). The Morgan fingerprint density at radius 1 is 1.03 bits per heavy atom. The van der Waals surface area contributed by atoms with Gasteiger partial charge in [-0.3, -0.25) is 9.59 Å². The highest BCUT2D eigenvalue weighted by Crippen LogP contribution is 2.29. The number of carbonyl (C=O) groups excluding carboxylic acids is 2. The van der Waals surface area contributed by atoms with Crippen LogP contribution in [0, 0.1) is 5.82 Å². The lowest BCUT2D eigenvalue weighted by molar-refractivity contribution is -0.118. The minimum atomic E-state index is -0.365. The Hall–Kier alpha value is -4.02. The lowest BCUT2D eigenvalue weighted by Gasteiger charge is -2.07. The summed E-state index contributed by atoms with van der Waals surface area (Å²) in [6.07, 6.45) is 3.37. The first-order valence-corrected chi connectivity index (χ1v) is 12.8. The molecule has 0 radical (unpaired) electrons. The summed E-state index contributed by atoms with van der Waals surface area (Å²) in [5.41, 5.74) is 5.61. The number of anilines is 1. The Labute approximate surface area is 214 Å². The molecular formula is C26H20FN5O2S2. The molecule has 2 heterocycles. The molecular weight excluding hydrogens is 497 g/mol. The van der Waals surface area contributed by atoms with Gasteiger partial charge in [0, 0.05) is 28.4 Å². The van der Waals surface area contributed by atoms with Crippen molar-refractivity contribution < 1.29 is 14.0 Å². The molecule has 0 aliphatic carbocycles. The van der Waals surface area contributed by atoms with Crippen LogP contribution in [0.5, 0.6) is 0 Å². The second-order valence-electron chi connectivity index (χ2n) is 7.81. The number of thiazole rings is 1. The Morgan fingerprint density at radius 3 is 2.64 bits per heavy atom. The molecule has 0 aliphatic rings. The van der Waals surface area contributed by atoms with E-state index in [2.05, 4.69) is 20.8 Å². The van der Waals surface area contributed by atoms with E-state index in [1.165, 1.54) is 36.0 Å². The molecule has 36 heavy (non-hydrogen) atoms. The van der Waals surface area contributed by atoms with Crippen LogP contribution in [0.25, 0.3) is 21.1 Å². The van der Waals surface area contributed by atoms with Crippen LogP contribution in [0.3, 0.4) is 0 Å². The van der Waals surface area contributed by atoms with Gasteiger partial charge in [-0.15, -0.1) is 11.3 Å². The number of hydrazone groups is 1. The summed E-state index contributed by atoms with van der Waals surface area (Å²) >= 11 is 2.92. The topological polar surface area (TPSA) is 88.4 Å². The van der Waals surface area contributed by atoms with Crippen LogP contribution >= 0.6 is 23.1 Å². The average Bonchev–Trinajstić information content (AvgIpc) is 3.45. The van der Waals surface area contributed by atoms with Crippen molar-refractivity contribution in [2.75, 3.05) is 11.1 Å². The SMILES string of the molecule is O=C(CSc1nc2ccccc2s1)N/N=C\c1cn(CC(=O)Nc2ccc(F)cc2)c2ccccc12. The highest BCUT2D eigenvalue weighted by Gasteiger charge is 2.11. The van der Waals surface area contributed by atoms with Gasteiger partial charge in [0.1, 0.15) is 12.4 Å². The van der Waals surface area contributed by atoms with Gasteiger partial charge in [-0.25, -0.2) is 14.8 Å². The van der Waals surface area contributed by atoms with Gasteiger partial charge in [0.25, 0.3) is 5.91 Å². The maximum absolute atomic E-state index is 13.1. The maximum atomic E-state index is 13.1. The summed E-state index contributed by atoms with van der Waals surface area (Å²) in [5, 5.41) is 7.77. The van der Waals surface area contributed by atoms with Crippen LogP contribution in [0.4, 0.5) is 10.1 Å². The maximum Gasteiger partial charge on any atom is 0.250 e. The van der Waals surface area contributed by atoms with Gasteiger partial charge in [0.15, 0.2) is 4.34 Å².